The molecule has 0 aromatic heterocycles. The van der Waals surface area contributed by atoms with Gasteiger partial charge in [-0.25, -0.2) is 0 Å². The van der Waals surface area contributed by atoms with Crippen molar-refractivity contribution in [2.75, 3.05) is 26.6 Å². The van der Waals surface area contributed by atoms with Crippen LogP contribution < -0.4 is 9.47 Å². The molecule has 2 heterocycles. The van der Waals surface area contributed by atoms with Crippen molar-refractivity contribution < 1.29 is 28.5 Å². The molecule has 1 unspecified atom stereocenters. The Morgan fingerprint density at radius 1 is 1.28 bits per heavy atom. The van der Waals surface area contributed by atoms with Gasteiger partial charge in [-0.3, -0.25) is 9.59 Å². The van der Waals surface area contributed by atoms with Gasteiger partial charge in [-0.15, -0.1) is 0 Å². The average molecular weight is 349 g/mol. The summed E-state index contributed by atoms with van der Waals surface area (Å²) in [6.45, 7) is 3.59. The summed E-state index contributed by atoms with van der Waals surface area (Å²) < 4.78 is 21.2. The molecule has 0 N–H and O–H groups in total. The van der Waals surface area contributed by atoms with Crippen LogP contribution in [0.3, 0.4) is 0 Å². The highest BCUT2D eigenvalue weighted by Crippen LogP contribution is 2.33. The SMILES string of the molecule is CCOC(=O)CCN(Cc1ccc2c(c1)OCO2)C(=O)C1CCCO1. The van der Waals surface area contributed by atoms with Crippen LogP contribution in [0.2, 0.25) is 0 Å². The third kappa shape index (κ3) is 4.42. The molecule has 1 saturated heterocycles. The predicted octanol–water partition coefficient (Wildman–Crippen LogP) is 1.88. The summed E-state index contributed by atoms with van der Waals surface area (Å²) >= 11 is 0. The van der Waals surface area contributed by atoms with Crippen LogP contribution in [-0.2, 0) is 25.6 Å². The number of carbonyl (C=O) groups excluding carboxylic acids is 2. The van der Waals surface area contributed by atoms with E-state index in [4.69, 9.17) is 18.9 Å². The van der Waals surface area contributed by atoms with Gasteiger partial charge in [-0.05, 0) is 37.5 Å². The van der Waals surface area contributed by atoms with Crippen molar-refractivity contribution in [3.8, 4) is 11.5 Å². The number of nitrogens with zero attached hydrogens (tertiary/aromatic N) is 1. The number of rotatable bonds is 7. The Morgan fingerprint density at radius 3 is 2.88 bits per heavy atom. The second kappa shape index (κ2) is 8.20. The molecule has 2 aliphatic heterocycles. The molecule has 1 amide bonds. The molecular weight excluding hydrogens is 326 g/mol. The van der Waals surface area contributed by atoms with Gasteiger partial charge in [0.15, 0.2) is 11.5 Å². The van der Waals surface area contributed by atoms with E-state index in [0.717, 1.165) is 18.4 Å². The zero-order chi connectivity index (χ0) is 17.6. The number of hydrogen-bond donors (Lipinski definition) is 0. The third-order valence-electron chi connectivity index (χ3n) is 4.22. The Hall–Kier alpha value is -2.28. The number of carbonyl (C=O) groups is 2. The van der Waals surface area contributed by atoms with E-state index < -0.39 is 6.10 Å². The van der Waals surface area contributed by atoms with E-state index in [1.165, 1.54) is 0 Å². The minimum Gasteiger partial charge on any atom is -0.466 e. The highest BCUT2D eigenvalue weighted by molar-refractivity contribution is 5.81. The number of fused-ring (bicyclic) bond motifs is 1. The van der Waals surface area contributed by atoms with Gasteiger partial charge < -0.3 is 23.8 Å². The number of amides is 1. The maximum Gasteiger partial charge on any atom is 0.307 e. The Balaban J connectivity index is 1.68. The first-order chi connectivity index (χ1) is 12.2. The first-order valence-corrected chi connectivity index (χ1v) is 8.62. The fourth-order valence-corrected chi connectivity index (χ4v) is 2.96. The largest absolute Gasteiger partial charge is 0.466 e. The predicted molar refractivity (Wildman–Crippen MR) is 88.2 cm³/mol. The van der Waals surface area contributed by atoms with Gasteiger partial charge in [-0.2, -0.15) is 0 Å². The normalized spacial score (nSPS) is 18.2. The molecule has 0 bridgehead atoms. The summed E-state index contributed by atoms with van der Waals surface area (Å²) in [6.07, 6.45) is 1.34. The lowest BCUT2D eigenvalue weighted by atomic mass is 10.1. The number of esters is 1. The van der Waals surface area contributed by atoms with Gasteiger partial charge in [0, 0.05) is 19.7 Å². The Bertz CT molecular complexity index is 626. The standard InChI is InChI=1S/C18H23NO6/c1-2-22-17(20)7-8-19(18(21)15-4-3-9-23-15)11-13-5-6-14-16(10-13)25-12-24-14/h5-6,10,15H,2-4,7-9,11-12H2,1H3. The van der Waals surface area contributed by atoms with Crippen LogP contribution in [0.15, 0.2) is 18.2 Å². The lowest BCUT2D eigenvalue weighted by Gasteiger charge is -2.25. The molecule has 0 spiro atoms. The first-order valence-electron chi connectivity index (χ1n) is 8.62. The smallest absolute Gasteiger partial charge is 0.307 e. The molecule has 2 aliphatic rings. The Morgan fingerprint density at radius 2 is 2.12 bits per heavy atom. The molecule has 1 fully saturated rings. The maximum absolute atomic E-state index is 12.7. The van der Waals surface area contributed by atoms with Crippen LogP contribution in [0.25, 0.3) is 0 Å². The molecule has 7 nitrogen and oxygen atoms in total. The van der Waals surface area contributed by atoms with Crippen molar-refractivity contribution in [1.29, 1.82) is 0 Å². The van der Waals surface area contributed by atoms with E-state index in [-0.39, 0.29) is 25.1 Å². The molecule has 1 aromatic carbocycles. The second-order valence-electron chi connectivity index (χ2n) is 6.00. The number of benzene rings is 1. The summed E-state index contributed by atoms with van der Waals surface area (Å²) in [5.74, 6) is 0.984. The van der Waals surface area contributed by atoms with E-state index in [2.05, 4.69) is 0 Å². The minimum atomic E-state index is -0.420. The maximum atomic E-state index is 12.7. The van der Waals surface area contributed by atoms with Crippen LogP contribution in [0, 0.1) is 0 Å². The van der Waals surface area contributed by atoms with E-state index in [0.29, 0.717) is 37.8 Å². The zero-order valence-corrected chi connectivity index (χ0v) is 14.4. The van der Waals surface area contributed by atoms with Crippen molar-refractivity contribution in [2.45, 2.75) is 38.8 Å². The molecule has 7 heteroatoms. The molecule has 3 rings (SSSR count). The number of ether oxygens (including phenoxy) is 4. The fourth-order valence-electron chi connectivity index (χ4n) is 2.96. The summed E-state index contributed by atoms with van der Waals surface area (Å²) in [7, 11) is 0. The Labute approximate surface area is 146 Å². The average Bonchev–Trinajstić information content (AvgIpc) is 3.29. The monoisotopic (exact) mass is 349 g/mol. The van der Waals surface area contributed by atoms with Gasteiger partial charge in [0.2, 0.25) is 6.79 Å². The van der Waals surface area contributed by atoms with Gasteiger partial charge in [0.05, 0.1) is 13.0 Å². The van der Waals surface area contributed by atoms with E-state index in [9.17, 15) is 9.59 Å². The Kier molecular flexibility index (Phi) is 5.75. The molecule has 0 saturated carbocycles. The molecule has 0 radical (unpaired) electrons. The van der Waals surface area contributed by atoms with E-state index in [1.54, 1.807) is 11.8 Å². The molecule has 25 heavy (non-hydrogen) atoms. The highest BCUT2D eigenvalue weighted by atomic mass is 16.7. The van der Waals surface area contributed by atoms with Crippen molar-refractivity contribution in [3.05, 3.63) is 23.8 Å². The molecular formula is C18H23NO6. The van der Waals surface area contributed by atoms with Gasteiger partial charge in [0.1, 0.15) is 6.10 Å². The topological polar surface area (TPSA) is 74.3 Å². The third-order valence-corrected chi connectivity index (χ3v) is 4.22. The zero-order valence-electron chi connectivity index (χ0n) is 14.4. The minimum absolute atomic E-state index is 0.0838. The van der Waals surface area contributed by atoms with Gasteiger partial charge in [-0.1, -0.05) is 6.07 Å². The van der Waals surface area contributed by atoms with Crippen molar-refractivity contribution >= 4 is 11.9 Å². The molecule has 136 valence electrons. The van der Waals surface area contributed by atoms with Gasteiger partial charge in [0.25, 0.3) is 5.91 Å². The lowest BCUT2D eigenvalue weighted by molar-refractivity contribution is -0.146. The quantitative estimate of drug-likeness (QED) is 0.700. The summed E-state index contributed by atoms with van der Waals surface area (Å²) in [6, 6.07) is 5.59. The van der Waals surface area contributed by atoms with Gasteiger partial charge >= 0.3 is 5.97 Å². The molecule has 1 aromatic rings. The van der Waals surface area contributed by atoms with Crippen molar-refractivity contribution in [1.82, 2.24) is 4.90 Å². The van der Waals surface area contributed by atoms with Crippen LogP contribution in [0.1, 0.15) is 31.7 Å². The van der Waals surface area contributed by atoms with Crippen LogP contribution >= 0.6 is 0 Å². The molecule has 1 atom stereocenters. The van der Waals surface area contributed by atoms with Crippen LogP contribution in [-0.4, -0.2) is 49.4 Å². The van der Waals surface area contributed by atoms with E-state index >= 15 is 0 Å². The van der Waals surface area contributed by atoms with E-state index in [1.807, 2.05) is 18.2 Å². The van der Waals surface area contributed by atoms with Crippen molar-refractivity contribution in [3.63, 3.8) is 0 Å². The molecule has 0 aliphatic carbocycles. The highest BCUT2D eigenvalue weighted by Gasteiger charge is 2.29. The first kappa shape index (κ1) is 17.5. The fraction of sp³-hybridized carbons (Fsp3) is 0.556. The second-order valence-corrected chi connectivity index (χ2v) is 6.00. The summed E-state index contributed by atoms with van der Waals surface area (Å²) in [4.78, 5) is 26.1. The lowest BCUT2D eigenvalue weighted by Crippen LogP contribution is -2.39. The van der Waals surface area contributed by atoms with Crippen molar-refractivity contribution in [2.24, 2.45) is 0 Å². The number of hydrogen-bond acceptors (Lipinski definition) is 6. The summed E-state index contributed by atoms with van der Waals surface area (Å²) in [5.41, 5.74) is 0.916. The van der Waals surface area contributed by atoms with Crippen LogP contribution in [0.5, 0.6) is 11.5 Å². The van der Waals surface area contributed by atoms with Crippen LogP contribution in [0.4, 0.5) is 0 Å². The summed E-state index contributed by atoms with van der Waals surface area (Å²) in [5, 5.41) is 0.